The van der Waals surface area contributed by atoms with Crippen LogP contribution in [0.15, 0.2) is 48.5 Å². The molecule has 25 heavy (non-hydrogen) atoms. The Hall–Kier alpha value is -2.29. The highest BCUT2D eigenvalue weighted by Gasteiger charge is 2.28. The SMILES string of the molecule is CCN(C(=O)CC1CCc2ccccc21)C(C)c1cccc(OC)c1. The first-order valence-corrected chi connectivity index (χ1v) is 9.15. The number of carbonyl (C=O) groups excluding carboxylic acids is 1. The second-order valence-electron chi connectivity index (χ2n) is 6.77. The Bertz CT molecular complexity index is 740. The van der Waals surface area contributed by atoms with Crippen molar-refractivity contribution in [2.45, 2.75) is 45.1 Å². The van der Waals surface area contributed by atoms with Gasteiger partial charge in [0.1, 0.15) is 5.75 Å². The highest BCUT2D eigenvalue weighted by molar-refractivity contribution is 5.78. The zero-order valence-electron chi connectivity index (χ0n) is 15.4. The molecule has 0 aliphatic heterocycles. The van der Waals surface area contributed by atoms with Crippen molar-refractivity contribution in [3.63, 3.8) is 0 Å². The third-order valence-electron chi connectivity index (χ3n) is 5.38. The maximum atomic E-state index is 13.0. The lowest BCUT2D eigenvalue weighted by atomic mass is 9.96. The molecule has 3 nitrogen and oxygen atoms in total. The van der Waals surface area contributed by atoms with Crippen molar-refractivity contribution in [3.05, 3.63) is 65.2 Å². The molecule has 2 aromatic rings. The van der Waals surface area contributed by atoms with Crippen molar-refractivity contribution in [3.8, 4) is 5.75 Å². The first kappa shape index (κ1) is 17.5. The van der Waals surface area contributed by atoms with Gasteiger partial charge in [0, 0.05) is 13.0 Å². The summed E-state index contributed by atoms with van der Waals surface area (Å²) in [6, 6.07) is 16.6. The van der Waals surface area contributed by atoms with E-state index >= 15 is 0 Å². The van der Waals surface area contributed by atoms with Crippen molar-refractivity contribution < 1.29 is 9.53 Å². The van der Waals surface area contributed by atoms with Crippen LogP contribution in [0.5, 0.6) is 5.75 Å². The summed E-state index contributed by atoms with van der Waals surface area (Å²) in [6.45, 7) is 4.86. The number of methoxy groups -OCH3 is 1. The van der Waals surface area contributed by atoms with Crippen LogP contribution in [0.4, 0.5) is 0 Å². The van der Waals surface area contributed by atoms with Gasteiger partial charge in [-0.25, -0.2) is 0 Å². The smallest absolute Gasteiger partial charge is 0.223 e. The van der Waals surface area contributed by atoms with Crippen molar-refractivity contribution >= 4 is 5.91 Å². The molecule has 2 unspecified atom stereocenters. The van der Waals surface area contributed by atoms with E-state index in [1.807, 2.05) is 23.1 Å². The summed E-state index contributed by atoms with van der Waals surface area (Å²) in [4.78, 5) is 15.0. The number of aryl methyl sites for hydroxylation is 1. The van der Waals surface area contributed by atoms with Crippen LogP contribution in [-0.2, 0) is 11.2 Å². The predicted molar refractivity (Wildman–Crippen MR) is 101 cm³/mol. The molecule has 1 amide bonds. The highest BCUT2D eigenvalue weighted by Crippen LogP contribution is 2.36. The number of rotatable bonds is 6. The molecule has 0 heterocycles. The molecule has 0 aromatic heterocycles. The van der Waals surface area contributed by atoms with E-state index in [9.17, 15) is 4.79 Å². The molecule has 0 fully saturated rings. The predicted octanol–water partition coefficient (Wildman–Crippen LogP) is 4.72. The van der Waals surface area contributed by atoms with Gasteiger partial charge in [-0.05, 0) is 61.4 Å². The van der Waals surface area contributed by atoms with E-state index in [-0.39, 0.29) is 11.9 Å². The average Bonchev–Trinajstić information content (AvgIpc) is 3.05. The molecular weight excluding hydrogens is 310 g/mol. The highest BCUT2D eigenvalue weighted by atomic mass is 16.5. The standard InChI is InChI=1S/C22H27NO2/c1-4-23(16(2)18-9-7-10-20(14-18)25-3)22(24)15-19-13-12-17-8-5-6-11-21(17)19/h5-11,14,16,19H,4,12-13,15H2,1-3H3. The van der Waals surface area contributed by atoms with Crippen LogP contribution in [0.1, 0.15) is 55.3 Å². The van der Waals surface area contributed by atoms with Crippen LogP contribution >= 0.6 is 0 Å². The molecule has 2 aromatic carbocycles. The van der Waals surface area contributed by atoms with Crippen molar-refractivity contribution in [1.29, 1.82) is 0 Å². The molecule has 0 spiro atoms. The van der Waals surface area contributed by atoms with Gasteiger partial charge >= 0.3 is 0 Å². The van der Waals surface area contributed by atoms with Crippen LogP contribution < -0.4 is 4.74 Å². The summed E-state index contributed by atoms with van der Waals surface area (Å²) in [5, 5.41) is 0. The molecule has 132 valence electrons. The Balaban J connectivity index is 1.73. The van der Waals surface area contributed by atoms with E-state index in [4.69, 9.17) is 4.74 Å². The third-order valence-corrected chi connectivity index (χ3v) is 5.38. The van der Waals surface area contributed by atoms with E-state index in [0.29, 0.717) is 18.9 Å². The maximum Gasteiger partial charge on any atom is 0.223 e. The summed E-state index contributed by atoms with van der Waals surface area (Å²) in [6.07, 6.45) is 2.76. The minimum absolute atomic E-state index is 0.0456. The van der Waals surface area contributed by atoms with Crippen LogP contribution in [0.3, 0.4) is 0 Å². The zero-order chi connectivity index (χ0) is 17.8. The number of fused-ring (bicyclic) bond motifs is 1. The second-order valence-corrected chi connectivity index (χ2v) is 6.77. The molecule has 0 N–H and O–H groups in total. The Kier molecular flexibility index (Phi) is 5.42. The number of hydrogen-bond donors (Lipinski definition) is 0. The van der Waals surface area contributed by atoms with Crippen molar-refractivity contribution in [2.24, 2.45) is 0 Å². The van der Waals surface area contributed by atoms with Gasteiger partial charge in [-0.1, -0.05) is 36.4 Å². The van der Waals surface area contributed by atoms with Gasteiger partial charge in [0.2, 0.25) is 5.91 Å². The summed E-state index contributed by atoms with van der Waals surface area (Å²) in [5.41, 5.74) is 3.88. The van der Waals surface area contributed by atoms with Gasteiger partial charge in [0.15, 0.2) is 0 Å². The lowest BCUT2D eigenvalue weighted by Gasteiger charge is -2.30. The van der Waals surface area contributed by atoms with Gasteiger partial charge < -0.3 is 9.64 Å². The van der Waals surface area contributed by atoms with Gasteiger partial charge in [0.25, 0.3) is 0 Å². The van der Waals surface area contributed by atoms with Crippen molar-refractivity contribution in [2.75, 3.05) is 13.7 Å². The number of carbonyl (C=O) groups is 1. The molecular formula is C22H27NO2. The van der Waals surface area contributed by atoms with E-state index in [0.717, 1.165) is 24.2 Å². The number of benzene rings is 2. The molecule has 3 rings (SSSR count). The largest absolute Gasteiger partial charge is 0.497 e. The third kappa shape index (κ3) is 3.71. The molecule has 3 heteroatoms. The Morgan fingerprint density at radius 3 is 2.80 bits per heavy atom. The van der Waals surface area contributed by atoms with Gasteiger partial charge in [-0.2, -0.15) is 0 Å². The number of amides is 1. The zero-order valence-corrected chi connectivity index (χ0v) is 15.4. The summed E-state index contributed by atoms with van der Waals surface area (Å²) < 4.78 is 5.32. The van der Waals surface area contributed by atoms with E-state index in [1.54, 1.807) is 7.11 Å². The number of nitrogens with zero attached hydrogens (tertiary/aromatic N) is 1. The molecule has 0 saturated carbocycles. The van der Waals surface area contributed by atoms with E-state index < -0.39 is 0 Å². The van der Waals surface area contributed by atoms with Crippen LogP contribution in [0.2, 0.25) is 0 Å². The van der Waals surface area contributed by atoms with Crippen molar-refractivity contribution in [1.82, 2.24) is 4.90 Å². The fraction of sp³-hybridized carbons (Fsp3) is 0.409. The fourth-order valence-electron chi connectivity index (χ4n) is 3.93. The Labute approximate surface area is 150 Å². The molecule has 0 radical (unpaired) electrons. The normalized spacial score (nSPS) is 17.0. The van der Waals surface area contributed by atoms with Crippen LogP contribution in [-0.4, -0.2) is 24.5 Å². The fourth-order valence-corrected chi connectivity index (χ4v) is 3.93. The Morgan fingerprint density at radius 1 is 1.24 bits per heavy atom. The van der Waals surface area contributed by atoms with Gasteiger partial charge in [-0.3, -0.25) is 4.79 Å². The minimum atomic E-state index is 0.0456. The first-order valence-electron chi connectivity index (χ1n) is 9.15. The minimum Gasteiger partial charge on any atom is -0.497 e. The molecule has 0 bridgehead atoms. The van der Waals surface area contributed by atoms with E-state index in [2.05, 4.69) is 44.2 Å². The first-order chi connectivity index (χ1) is 12.1. The van der Waals surface area contributed by atoms with Crippen LogP contribution in [0, 0.1) is 0 Å². The lowest BCUT2D eigenvalue weighted by Crippen LogP contribution is -2.34. The molecule has 1 aliphatic rings. The van der Waals surface area contributed by atoms with Crippen LogP contribution in [0.25, 0.3) is 0 Å². The summed E-state index contributed by atoms with van der Waals surface area (Å²) >= 11 is 0. The van der Waals surface area contributed by atoms with Gasteiger partial charge in [0.05, 0.1) is 13.2 Å². The molecule has 2 atom stereocenters. The lowest BCUT2D eigenvalue weighted by molar-refractivity contribution is -0.133. The maximum absolute atomic E-state index is 13.0. The summed E-state index contributed by atoms with van der Waals surface area (Å²) in [5.74, 6) is 1.42. The topological polar surface area (TPSA) is 29.5 Å². The molecule has 1 aliphatic carbocycles. The molecule has 0 saturated heterocycles. The van der Waals surface area contributed by atoms with Gasteiger partial charge in [-0.15, -0.1) is 0 Å². The summed E-state index contributed by atoms with van der Waals surface area (Å²) in [7, 11) is 1.67. The second kappa shape index (κ2) is 7.73. The number of ether oxygens (including phenoxy) is 1. The van der Waals surface area contributed by atoms with E-state index in [1.165, 1.54) is 11.1 Å². The quantitative estimate of drug-likeness (QED) is 0.763. The Morgan fingerprint density at radius 2 is 2.04 bits per heavy atom. The monoisotopic (exact) mass is 337 g/mol. The average molecular weight is 337 g/mol. The number of hydrogen-bond acceptors (Lipinski definition) is 2.